The number of hydrogen-bond acceptors (Lipinski definition) is 6. The van der Waals surface area contributed by atoms with Gasteiger partial charge in [0, 0.05) is 50.3 Å². The lowest BCUT2D eigenvalue weighted by molar-refractivity contribution is -0.136. The van der Waals surface area contributed by atoms with Crippen LogP contribution < -0.4 is 10.2 Å². The van der Waals surface area contributed by atoms with Gasteiger partial charge in [0.1, 0.15) is 11.6 Å². The second-order valence-electron chi connectivity index (χ2n) is 12.4. The SMILES string of the molecule is CC(C)(C)OC(=O)N1CCC(CC2CCN(c3ccc4c(c3Cl)CN([C@H]3CCC(=O)NC3=O)C4=O)CC2)CC1. The van der Waals surface area contributed by atoms with Crippen molar-refractivity contribution in [1.29, 1.82) is 0 Å². The van der Waals surface area contributed by atoms with Crippen molar-refractivity contribution >= 4 is 41.1 Å². The molecule has 39 heavy (non-hydrogen) atoms. The van der Waals surface area contributed by atoms with Crippen LogP contribution >= 0.6 is 11.6 Å². The van der Waals surface area contributed by atoms with E-state index in [4.69, 9.17) is 16.3 Å². The van der Waals surface area contributed by atoms with Crippen LogP contribution in [0, 0.1) is 11.8 Å². The average molecular weight is 559 g/mol. The van der Waals surface area contributed by atoms with E-state index < -0.39 is 17.6 Å². The zero-order valence-corrected chi connectivity index (χ0v) is 23.9. The Bertz CT molecular complexity index is 1150. The molecule has 1 atom stereocenters. The fourth-order valence-electron chi connectivity index (χ4n) is 6.39. The van der Waals surface area contributed by atoms with Crippen molar-refractivity contribution in [3.8, 4) is 0 Å². The molecule has 212 valence electrons. The van der Waals surface area contributed by atoms with Gasteiger partial charge >= 0.3 is 6.09 Å². The molecule has 3 saturated heterocycles. The van der Waals surface area contributed by atoms with Gasteiger partial charge in [-0.05, 0) is 83.3 Å². The summed E-state index contributed by atoms with van der Waals surface area (Å²) in [6.07, 6.45) is 5.75. The van der Waals surface area contributed by atoms with Crippen molar-refractivity contribution in [3.05, 3.63) is 28.3 Å². The predicted molar refractivity (Wildman–Crippen MR) is 148 cm³/mol. The molecule has 0 unspecified atom stereocenters. The van der Waals surface area contributed by atoms with Gasteiger partial charge in [-0.3, -0.25) is 19.7 Å². The lowest BCUT2D eigenvalue weighted by atomic mass is 9.82. The lowest BCUT2D eigenvalue weighted by Gasteiger charge is -2.38. The molecular formula is C29H39ClN4O5. The van der Waals surface area contributed by atoms with Crippen LogP contribution in [0.1, 0.15) is 81.6 Å². The van der Waals surface area contributed by atoms with E-state index in [0.29, 0.717) is 28.8 Å². The molecule has 0 saturated carbocycles. The van der Waals surface area contributed by atoms with Crippen molar-refractivity contribution < 1.29 is 23.9 Å². The molecule has 0 aromatic heterocycles. The van der Waals surface area contributed by atoms with Crippen LogP contribution in [-0.4, -0.2) is 71.4 Å². The minimum atomic E-state index is -0.645. The van der Waals surface area contributed by atoms with Crippen molar-refractivity contribution in [1.82, 2.24) is 15.1 Å². The lowest BCUT2D eigenvalue weighted by Crippen LogP contribution is -2.52. The van der Waals surface area contributed by atoms with Crippen LogP contribution in [-0.2, 0) is 20.9 Å². The summed E-state index contributed by atoms with van der Waals surface area (Å²) in [5.41, 5.74) is 1.78. The maximum Gasteiger partial charge on any atom is 0.410 e. The van der Waals surface area contributed by atoms with Gasteiger partial charge in [-0.15, -0.1) is 0 Å². The number of carbonyl (C=O) groups excluding carboxylic acids is 4. The highest BCUT2D eigenvalue weighted by molar-refractivity contribution is 6.35. The van der Waals surface area contributed by atoms with E-state index in [1.165, 1.54) is 6.42 Å². The Balaban J connectivity index is 1.13. The minimum Gasteiger partial charge on any atom is -0.444 e. The number of likely N-dealkylation sites (tertiary alicyclic amines) is 1. The van der Waals surface area contributed by atoms with Crippen LogP contribution in [0.25, 0.3) is 0 Å². The van der Waals surface area contributed by atoms with Crippen LogP contribution in [0.4, 0.5) is 10.5 Å². The van der Waals surface area contributed by atoms with Crippen molar-refractivity contribution in [2.24, 2.45) is 11.8 Å². The fraction of sp³-hybridized carbons (Fsp3) is 0.655. The molecule has 1 N–H and O–H groups in total. The summed E-state index contributed by atoms with van der Waals surface area (Å²) in [6, 6.07) is 3.11. The fourth-order valence-corrected chi connectivity index (χ4v) is 6.74. The Hall–Kier alpha value is -2.81. The molecule has 4 amide bonds. The highest BCUT2D eigenvalue weighted by Gasteiger charge is 2.40. The maximum atomic E-state index is 13.1. The first-order valence-corrected chi connectivity index (χ1v) is 14.6. The standard InChI is InChI=1S/C29H39ClN4O5/c1-29(2,3)39-28(38)33-14-10-19(11-15-33)16-18-8-12-32(13-9-18)22-5-4-20-21(25(22)30)17-34(27(20)37)23-6-7-24(35)31-26(23)36/h4-5,18-19,23H,6-17H2,1-3H3,(H,31,35,36)/t23-/m0/s1. The summed E-state index contributed by atoms with van der Waals surface area (Å²) in [5, 5.41) is 2.93. The molecule has 5 rings (SSSR count). The molecule has 4 heterocycles. The van der Waals surface area contributed by atoms with Crippen LogP contribution in [0.2, 0.25) is 5.02 Å². The highest BCUT2D eigenvalue weighted by Crippen LogP contribution is 2.40. The van der Waals surface area contributed by atoms with E-state index >= 15 is 0 Å². The summed E-state index contributed by atoms with van der Waals surface area (Å²) in [7, 11) is 0. The van der Waals surface area contributed by atoms with Gasteiger partial charge in [0.2, 0.25) is 11.8 Å². The second-order valence-corrected chi connectivity index (χ2v) is 12.8. The van der Waals surface area contributed by atoms with Crippen LogP contribution in [0.5, 0.6) is 0 Å². The molecule has 3 fully saturated rings. The number of carbonyl (C=O) groups is 4. The Morgan fingerprint density at radius 3 is 2.26 bits per heavy atom. The summed E-state index contributed by atoms with van der Waals surface area (Å²) < 4.78 is 5.52. The van der Waals surface area contributed by atoms with E-state index in [2.05, 4.69) is 10.2 Å². The summed E-state index contributed by atoms with van der Waals surface area (Å²) >= 11 is 6.87. The largest absolute Gasteiger partial charge is 0.444 e. The Labute approximate surface area is 235 Å². The molecule has 0 aliphatic carbocycles. The number of nitrogens with zero attached hydrogens (tertiary/aromatic N) is 3. The zero-order chi connectivity index (χ0) is 27.9. The normalized spacial score (nSPS) is 23.2. The molecule has 4 aliphatic heterocycles. The van der Waals surface area contributed by atoms with E-state index in [1.54, 1.807) is 4.90 Å². The van der Waals surface area contributed by atoms with Gasteiger partial charge < -0.3 is 19.4 Å². The van der Waals surface area contributed by atoms with E-state index in [9.17, 15) is 19.2 Å². The smallest absolute Gasteiger partial charge is 0.410 e. The molecule has 0 bridgehead atoms. The topological polar surface area (TPSA) is 99.3 Å². The minimum absolute atomic E-state index is 0.204. The monoisotopic (exact) mass is 558 g/mol. The zero-order valence-electron chi connectivity index (χ0n) is 23.1. The Morgan fingerprint density at radius 2 is 1.64 bits per heavy atom. The molecule has 0 radical (unpaired) electrons. The second kappa shape index (κ2) is 11.0. The van der Waals surface area contributed by atoms with Gasteiger partial charge in [0.15, 0.2) is 0 Å². The van der Waals surface area contributed by atoms with E-state index in [0.717, 1.165) is 63.1 Å². The number of amides is 4. The number of rotatable bonds is 4. The summed E-state index contributed by atoms with van der Waals surface area (Å²) in [6.45, 7) is 9.32. The molecule has 10 heteroatoms. The third-order valence-electron chi connectivity index (χ3n) is 8.52. The number of hydrogen-bond donors (Lipinski definition) is 1. The third kappa shape index (κ3) is 6.03. The molecule has 0 spiro atoms. The number of imide groups is 1. The number of halogens is 1. The highest BCUT2D eigenvalue weighted by atomic mass is 35.5. The van der Waals surface area contributed by atoms with E-state index in [-0.39, 0.29) is 30.9 Å². The van der Waals surface area contributed by atoms with Crippen LogP contribution in [0.15, 0.2) is 12.1 Å². The average Bonchev–Trinajstić information content (AvgIpc) is 3.21. The third-order valence-corrected chi connectivity index (χ3v) is 8.94. The van der Waals surface area contributed by atoms with Crippen molar-refractivity contribution in [2.45, 2.75) is 83.9 Å². The van der Waals surface area contributed by atoms with Gasteiger partial charge in [-0.2, -0.15) is 0 Å². The number of anilines is 1. The number of piperidine rings is 3. The molecular weight excluding hydrogens is 520 g/mol. The first kappa shape index (κ1) is 27.7. The molecule has 4 aliphatic rings. The number of fused-ring (bicyclic) bond motifs is 1. The number of nitrogens with one attached hydrogen (secondary N) is 1. The first-order valence-electron chi connectivity index (χ1n) is 14.2. The summed E-state index contributed by atoms with van der Waals surface area (Å²) in [4.78, 5) is 55.0. The summed E-state index contributed by atoms with van der Waals surface area (Å²) in [5.74, 6) is 0.367. The maximum absolute atomic E-state index is 13.1. The number of benzene rings is 1. The quantitative estimate of drug-likeness (QED) is 0.551. The first-order chi connectivity index (χ1) is 18.5. The van der Waals surface area contributed by atoms with Gasteiger partial charge in [0.25, 0.3) is 5.91 Å². The van der Waals surface area contributed by atoms with Gasteiger partial charge in [-0.25, -0.2) is 4.79 Å². The predicted octanol–water partition coefficient (Wildman–Crippen LogP) is 4.35. The molecule has 9 nitrogen and oxygen atoms in total. The van der Waals surface area contributed by atoms with Gasteiger partial charge in [0.05, 0.1) is 10.7 Å². The molecule has 1 aromatic rings. The van der Waals surface area contributed by atoms with Crippen molar-refractivity contribution in [3.63, 3.8) is 0 Å². The van der Waals surface area contributed by atoms with Crippen molar-refractivity contribution in [2.75, 3.05) is 31.1 Å². The van der Waals surface area contributed by atoms with Gasteiger partial charge in [-0.1, -0.05) is 11.6 Å². The Kier molecular flexibility index (Phi) is 7.82. The van der Waals surface area contributed by atoms with E-state index in [1.807, 2.05) is 37.8 Å². The number of ether oxygens (including phenoxy) is 1. The Morgan fingerprint density at radius 1 is 1.00 bits per heavy atom. The van der Waals surface area contributed by atoms with Crippen LogP contribution in [0.3, 0.4) is 0 Å². The molecule has 1 aromatic carbocycles.